The lowest BCUT2D eigenvalue weighted by atomic mass is 9.40. The van der Waals surface area contributed by atoms with E-state index in [1.54, 1.807) is 0 Å². The molecule has 4 rings (SSSR count). The molecular formula is C22H32O4. The first-order valence-corrected chi connectivity index (χ1v) is 10.2. The van der Waals surface area contributed by atoms with E-state index < -0.39 is 11.4 Å². The monoisotopic (exact) mass is 360 g/mol. The molecule has 0 aromatic rings. The van der Waals surface area contributed by atoms with E-state index in [2.05, 4.69) is 20.4 Å². The standard InChI is InChI=1S/C22H32O4/c1-13-15-6-7-17-21(12-15,18(13)26-14(2)23)11-8-16-20(3,4)9-5-10-22(16,17)19(24)25/h15-18H,1,5-12H2,2-4H3,(H,24,25)/t15-,16-,17-,18-,21-,22+/m1/s1. The molecule has 144 valence electrons. The van der Waals surface area contributed by atoms with Crippen molar-refractivity contribution in [2.75, 3.05) is 0 Å². The minimum absolute atomic E-state index is 0.0572. The molecule has 6 atom stereocenters. The number of carbonyl (C=O) groups is 2. The van der Waals surface area contributed by atoms with Gasteiger partial charge in [-0.1, -0.05) is 26.8 Å². The van der Waals surface area contributed by atoms with Gasteiger partial charge in [-0.25, -0.2) is 0 Å². The van der Waals surface area contributed by atoms with Gasteiger partial charge in [0.05, 0.1) is 5.41 Å². The number of carbonyl (C=O) groups excluding carboxylic acids is 1. The fraction of sp³-hybridized carbons (Fsp3) is 0.818. The van der Waals surface area contributed by atoms with Gasteiger partial charge in [-0.15, -0.1) is 0 Å². The number of esters is 1. The molecule has 1 N–H and O–H groups in total. The predicted octanol–water partition coefficient (Wildman–Crippen LogP) is 4.58. The third-order valence-corrected chi connectivity index (χ3v) is 8.69. The Morgan fingerprint density at radius 2 is 1.85 bits per heavy atom. The van der Waals surface area contributed by atoms with Gasteiger partial charge in [0, 0.05) is 12.3 Å². The van der Waals surface area contributed by atoms with Gasteiger partial charge in [0.25, 0.3) is 0 Å². The lowest BCUT2D eigenvalue weighted by Gasteiger charge is -2.63. The fourth-order valence-corrected chi connectivity index (χ4v) is 7.85. The second kappa shape index (κ2) is 5.59. The third-order valence-electron chi connectivity index (χ3n) is 8.69. The molecule has 4 saturated carbocycles. The van der Waals surface area contributed by atoms with Crippen molar-refractivity contribution in [3.8, 4) is 0 Å². The van der Waals surface area contributed by atoms with Crippen LogP contribution in [0.15, 0.2) is 12.2 Å². The molecule has 4 heteroatoms. The molecule has 0 aromatic heterocycles. The van der Waals surface area contributed by atoms with Gasteiger partial charge >= 0.3 is 11.9 Å². The molecule has 0 amide bonds. The number of hydrogen-bond acceptors (Lipinski definition) is 3. The second-order valence-corrected chi connectivity index (χ2v) is 10.1. The van der Waals surface area contributed by atoms with Crippen molar-refractivity contribution in [2.45, 2.75) is 78.2 Å². The van der Waals surface area contributed by atoms with Crippen molar-refractivity contribution in [1.82, 2.24) is 0 Å². The number of carboxylic acid groups (broad SMARTS) is 1. The molecule has 0 radical (unpaired) electrons. The van der Waals surface area contributed by atoms with Crippen LogP contribution in [0.2, 0.25) is 0 Å². The van der Waals surface area contributed by atoms with Crippen LogP contribution in [-0.4, -0.2) is 23.1 Å². The molecule has 4 nitrogen and oxygen atoms in total. The average Bonchev–Trinajstić information content (AvgIpc) is 2.74. The molecule has 2 bridgehead atoms. The first kappa shape index (κ1) is 18.1. The van der Waals surface area contributed by atoms with Crippen LogP contribution < -0.4 is 0 Å². The highest BCUT2D eigenvalue weighted by atomic mass is 16.5. The van der Waals surface area contributed by atoms with Crippen LogP contribution in [-0.2, 0) is 14.3 Å². The summed E-state index contributed by atoms with van der Waals surface area (Å²) in [6, 6.07) is 0. The van der Waals surface area contributed by atoms with Gasteiger partial charge in [-0.3, -0.25) is 9.59 Å². The third kappa shape index (κ3) is 2.13. The summed E-state index contributed by atoms with van der Waals surface area (Å²) >= 11 is 0. The molecule has 0 aromatic carbocycles. The molecule has 0 saturated heterocycles. The van der Waals surface area contributed by atoms with Crippen molar-refractivity contribution in [3.63, 3.8) is 0 Å². The molecule has 26 heavy (non-hydrogen) atoms. The molecular weight excluding hydrogens is 328 g/mol. The van der Waals surface area contributed by atoms with E-state index >= 15 is 0 Å². The number of aliphatic carboxylic acids is 1. The molecule has 0 aliphatic heterocycles. The number of fused-ring (bicyclic) bond motifs is 3. The van der Waals surface area contributed by atoms with E-state index in [0.29, 0.717) is 5.92 Å². The van der Waals surface area contributed by atoms with Gasteiger partial charge in [0.2, 0.25) is 0 Å². The van der Waals surface area contributed by atoms with Crippen LogP contribution in [0, 0.1) is 34.0 Å². The normalized spacial score (nSPS) is 46.2. The van der Waals surface area contributed by atoms with Gasteiger partial charge in [0.1, 0.15) is 6.10 Å². The highest BCUT2D eigenvalue weighted by Gasteiger charge is 2.71. The van der Waals surface area contributed by atoms with Crippen LogP contribution >= 0.6 is 0 Å². The Hall–Kier alpha value is -1.32. The SMILES string of the molecule is C=C1[C@@H]2CC[C@@H]3[C@@](CC[C@@H]4C(C)(C)CCC[C@]43C(=O)O)(C2)[C@@H]1OC(C)=O. The Morgan fingerprint density at radius 1 is 1.12 bits per heavy atom. The minimum atomic E-state index is -0.673. The molecule has 4 aliphatic rings. The largest absolute Gasteiger partial charge is 0.481 e. The zero-order chi connectivity index (χ0) is 18.9. The summed E-state index contributed by atoms with van der Waals surface area (Å²) in [6.45, 7) is 10.3. The lowest BCUT2D eigenvalue weighted by molar-refractivity contribution is -0.206. The van der Waals surface area contributed by atoms with E-state index in [1.807, 2.05) is 0 Å². The molecule has 0 unspecified atom stereocenters. The number of hydrogen-bond donors (Lipinski definition) is 1. The minimum Gasteiger partial charge on any atom is -0.481 e. The van der Waals surface area contributed by atoms with Crippen LogP contribution in [0.1, 0.15) is 72.1 Å². The molecule has 1 spiro atoms. The average molecular weight is 360 g/mol. The van der Waals surface area contributed by atoms with Crippen molar-refractivity contribution >= 4 is 11.9 Å². The van der Waals surface area contributed by atoms with Crippen LogP contribution in [0.25, 0.3) is 0 Å². The smallest absolute Gasteiger partial charge is 0.310 e. The summed E-state index contributed by atoms with van der Waals surface area (Å²) in [4.78, 5) is 24.6. The van der Waals surface area contributed by atoms with E-state index in [0.717, 1.165) is 56.9 Å². The predicted molar refractivity (Wildman–Crippen MR) is 98.4 cm³/mol. The lowest BCUT2D eigenvalue weighted by Crippen LogP contribution is -2.62. The highest BCUT2D eigenvalue weighted by molar-refractivity contribution is 5.77. The quantitative estimate of drug-likeness (QED) is 0.578. The van der Waals surface area contributed by atoms with Gasteiger partial charge in [0.15, 0.2) is 0 Å². The summed E-state index contributed by atoms with van der Waals surface area (Å²) in [5.74, 6) is -0.204. The Labute approximate surface area is 156 Å². The first-order chi connectivity index (χ1) is 12.1. The maximum Gasteiger partial charge on any atom is 0.310 e. The number of carboxylic acids is 1. The number of rotatable bonds is 2. The topological polar surface area (TPSA) is 63.6 Å². The van der Waals surface area contributed by atoms with Crippen molar-refractivity contribution in [2.24, 2.45) is 34.0 Å². The van der Waals surface area contributed by atoms with Gasteiger partial charge in [-0.05, 0) is 73.7 Å². The van der Waals surface area contributed by atoms with Gasteiger partial charge < -0.3 is 9.84 Å². The van der Waals surface area contributed by atoms with E-state index in [9.17, 15) is 14.7 Å². The maximum absolute atomic E-state index is 12.8. The Bertz CT molecular complexity index is 665. The van der Waals surface area contributed by atoms with Crippen molar-refractivity contribution in [3.05, 3.63) is 12.2 Å². The zero-order valence-corrected chi connectivity index (χ0v) is 16.3. The Morgan fingerprint density at radius 3 is 2.50 bits per heavy atom. The van der Waals surface area contributed by atoms with Crippen LogP contribution in [0.5, 0.6) is 0 Å². The Balaban J connectivity index is 1.84. The van der Waals surface area contributed by atoms with Crippen molar-refractivity contribution in [1.29, 1.82) is 0 Å². The molecule has 4 fully saturated rings. The van der Waals surface area contributed by atoms with Crippen molar-refractivity contribution < 1.29 is 19.4 Å². The summed E-state index contributed by atoms with van der Waals surface area (Å²) in [6.07, 6.45) is 7.33. The summed E-state index contributed by atoms with van der Waals surface area (Å²) < 4.78 is 5.82. The fourth-order valence-electron chi connectivity index (χ4n) is 7.85. The highest BCUT2D eigenvalue weighted by Crippen LogP contribution is 2.72. The Kier molecular flexibility index (Phi) is 3.88. The number of ether oxygens (including phenoxy) is 1. The maximum atomic E-state index is 12.8. The van der Waals surface area contributed by atoms with E-state index in [1.165, 1.54) is 6.92 Å². The molecule has 0 heterocycles. The van der Waals surface area contributed by atoms with Gasteiger partial charge in [-0.2, -0.15) is 0 Å². The zero-order valence-electron chi connectivity index (χ0n) is 16.3. The summed E-state index contributed by atoms with van der Waals surface area (Å²) in [7, 11) is 0. The first-order valence-electron chi connectivity index (χ1n) is 10.2. The van der Waals surface area contributed by atoms with Crippen LogP contribution in [0.4, 0.5) is 0 Å². The van der Waals surface area contributed by atoms with Crippen LogP contribution in [0.3, 0.4) is 0 Å². The second-order valence-electron chi connectivity index (χ2n) is 10.1. The summed E-state index contributed by atoms with van der Waals surface area (Å²) in [5.41, 5.74) is 0.209. The van der Waals surface area contributed by atoms with E-state index in [-0.39, 0.29) is 34.7 Å². The van der Waals surface area contributed by atoms with E-state index in [4.69, 9.17) is 4.74 Å². The molecule has 4 aliphatic carbocycles. The summed E-state index contributed by atoms with van der Waals surface area (Å²) in [5, 5.41) is 10.5.